The zero-order valence-corrected chi connectivity index (χ0v) is 17.5. The minimum Gasteiger partial charge on any atom is -0.478 e. The molecule has 1 aromatic carbocycles. The molecule has 0 aromatic heterocycles. The van der Waals surface area contributed by atoms with Crippen LogP contribution in [0.25, 0.3) is 5.57 Å². The second kappa shape index (κ2) is 9.53. The van der Waals surface area contributed by atoms with Crippen molar-refractivity contribution in [3.63, 3.8) is 0 Å². The molecule has 1 heterocycles. The van der Waals surface area contributed by atoms with Crippen LogP contribution in [0.15, 0.2) is 29.8 Å². The molecule has 1 N–H and O–H groups in total. The smallest absolute Gasteiger partial charge is 0.410 e. The van der Waals surface area contributed by atoms with Gasteiger partial charge in [-0.05, 0) is 31.9 Å². The van der Waals surface area contributed by atoms with Gasteiger partial charge in [-0.3, -0.25) is 4.90 Å². The highest BCUT2D eigenvalue weighted by molar-refractivity contribution is 5.99. The molecule has 9 heteroatoms. The molecule has 1 aromatic rings. The fourth-order valence-corrected chi connectivity index (χ4v) is 2.98. The lowest BCUT2D eigenvalue weighted by atomic mass is 9.90. The van der Waals surface area contributed by atoms with Gasteiger partial charge < -0.3 is 19.3 Å². The van der Waals surface area contributed by atoms with E-state index in [0.717, 1.165) is 10.5 Å². The van der Waals surface area contributed by atoms with E-state index >= 15 is 0 Å². The van der Waals surface area contributed by atoms with Gasteiger partial charge in [-0.15, -0.1) is 0 Å². The van der Waals surface area contributed by atoms with Gasteiger partial charge in [-0.2, -0.15) is 8.78 Å². The molecule has 0 saturated carbocycles. The number of hydrogen-bond donors (Lipinski definition) is 1. The van der Waals surface area contributed by atoms with E-state index in [2.05, 4.69) is 0 Å². The van der Waals surface area contributed by atoms with Gasteiger partial charge >= 0.3 is 12.1 Å². The summed E-state index contributed by atoms with van der Waals surface area (Å²) in [6.07, 6.45) is -0.983. The van der Waals surface area contributed by atoms with Crippen LogP contribution in [0.3, 0.4) is 0 Å². The summed E-state index contributed by atoms with van der Waals surface area (Å²) >= 11 is 0. The Morgan fingerprint density at radius 3 is 2.33 bits per heavy atom. The third-order valence-corrected chi connectivity index (χ3v) is 4.26. The monoisotopic (exact) mass is 427 g/mol. The van der Waals surface area contributed by atoms with E-state index in [1.54, 1.807) is 40.0 Å². The van der Waals surface area contributed by atoms with Gasteiger partial charge in [0.1, 0.15) is 5.60 Å². The Morgan fingerprint density at radius 1 is 1.17 bits per heavy atom. The van der Waals surface area contributed by atoms with Crippen LogP contribution in [0, 0.1) is 0 Å². The molecule has 1 aliphatic rings. The third kappa shape index (κ3) is 6.24. The number of amides is 1. The van der Waals surface area contributed by atoms with Crippen molar-refractivity contribution in [2.45, 2.75) is 38.9 Å². The van der Waals surface area contributed by atoms with Crippen molar-refractivity contribution in [3.8, 4) is 0 Å². The zero-order valence-electron chi connectivity index (χ0n) is 17.5. The van der Waals surface area contributed by atoms with Gasteiger partial charge in [0.05, 0.1) is 38.5 Å². The highest BCUT2D eigenvalue weighted by Gasteiger charge is 2.47. The summed E-state index contributed by atoms with van der Waals surface area (Å²) in [5.74, 6) is -5.07. The molecule has 0 spiro atoms. The number of carboxylic acids is 1. The van der Waals surface area contributed by atoms with Crippen LogP contribution in [0.1, 0.15) is 31.9 Å². The number of carbonyl (C=O) groups excluding carboxylic acids is 1. The molecule has 0 radical (unpaired) electrons. The number of aliphatic carboxylic acids is 1. The predicted octanol–water partition coefficient (Wildman–Crippen LogP) is 3.57. The van der Waals surface area contributed by atoms with E-state index in [0.29, 0.717) is 13.2 Å². The lowest BCUT2D eigenvalue weighted by Gasteiger charge is -2.36. The Kier molecular flexibility index (Phi) is 7.54. The number of ether oxygens (including phenoxy) is 3. The number of alkyl halides is 2. The van der Waals surface area contributed by atoms with Crippen LogP contribution < -0.4 is 0 Å². The second-order valence-corrected chi connectivity index (χ2v) is 7.94. The van der Waals surface area contributed by atoms with E-state index in [4.69, 9.17) is 14.2 Å². The van der Waals surface area contributed by atoms with Gasteiger partial charge in [-0.1, -0.05) is 24.3 Å². The van der Waals surface area contributed by atoms with Crippen LogP contribution >= 0.6 is 0 Å². The van der Waals surface area contributed by atoms with Gasteiger partial charge in [0.15, 0.2) is 0 Å². The maximum atomic E-state index is 15.0. The van der Waals surface area contributed by atoms with Crippen molar-refractivity contribution < 1.29 is 37.7 Å². The van der Waals surface area contributed by atoms with Gasteiger partial charge in [0, 0.05) is 12.7 Å². The molecular weight excluding hydrogens is 400 g/mol. The second-order valence-electron chi connectivity index (χ2n) is 7.94. The number of methoxy groups -OCH3 is 1. The lowest BCUT2D eigenvalue weighted by Crippen LogP contribution is -2.49. The Bertz CT molecular complexity index is 799. The van der Waals surface area contributed by atoms with Crippen molar-refractivity contribution in [1.82, 2.24) is 4.90 Å². The van der Waals surface area contributed by atoms with E-state index in [9.17, 15) is 23.5 Å². The van der Waals surface area contributed by atoms with Crippen LogP contribution in [-0.4, -0.2) is 67.0 Å². The lowest BCUT2D eigenvalue weighted by molar-refractivity contribution is -0.133. The molecule has 1 amide bonds. The molecule has 2 rings (SSSR count). The summed E-state index contributed by atoms with van der Waals surface area (Å²) in [6, 6.07) is 6.07. The van der Waals surface area contributed by atoms with E-state index in [1.165, 1.54) is 12.1 Å². The number of rotatable bonds is 7. The van der Waals surface area contributed by atoms with Crippen molar-refractivity contribution in [2.24, 2.45) is 0 Å². The molecular formula is C21H27F2NO6. The number of carbonyl (C=O) groups is 2. The van der Waals surface area contributed by atoms with Gasteiger partial charge in [0.25, 0.3) is 5.92 Å². The topological polar surface area (TPSA) is 85.3 Å². The maximum Gasteiger partial charge on any atom is 0.410 e. The number of halogens is 2. The van der Waals surface area contributed by atoms with E-state index in [-0.39, 0.29) is 12.2 Å². The molecule has 1 aliphatic heterocycles. The SMILES string of the molecule is COCCOCc1ccc(C2=C(C(=O)O)CN(C(=O)OC(C)(C)C)CC2(F)F)cc1. The number of hydrogen-bond acceptors (Lipinski definition) is 5. The van der Waals surface area contributed by atoms with E-state index < -0.39 is 47.8 Å². The highest BCUT2D eigenvalue weighted by Crippen LogP contribution is 2.40. The first-order valence-electron chi connectivity index (χ1n) is 9.43. The molecule has 0 saturated heterocycles. The average molecular weight is 427 g/mol. The molecule has 7 nitrogen and oxygen atoms in total. The normalized spacial score (nSPS) is 16.5. The van der Waals surface area contributed by atoms with E-state index in [1.807, 2.05) is 0 Å². The summed E-state index contributed by atoms with van der Waals surface area (Å²) < 4.78 is 45.4. The number of nitrogens with zero attached hydrogens (tertiary/aromatic N) is 1. The number of benzene rings is 1. The van der Waals surface area contributed by atoms with Crippen LogP contribution in [0.5, 0.6) is 0 Å². The summed E-state index contributed by atoms with van der Waals surface area (Å²) in [6.45, 7) is 4.48. The average Bonchev–Trinajstić information content (AvgIpc) is 2.63. The highest BCUT2D eigenvalue weighted by atomic mass is 19.3. The van der Waals surface area contributed by atoms with Crippen LogP contribution in [-0.2, 0) is 25.6 Å². The van der Waals surface area contributed by atoms with Crippen molar-refractivity contribution in [3.05, 3.63) is 41.0 Å². The standard InChI is InChI=1S/C21H27F2NO6/c1-20(2,3)30-19(27)24-11-16(18(25)26)17(21(22,23)13-24)15-7-5-14(6-8-15)12-29-10-9-28-4/h5-8H,9-13H2,1-4H3,(H,25,26). The Labute approximate surface area is 174 Å². The van der Waals surface area contributed by atoms with Crippen molar-refractivity contribution in [1.29, 1.82) is 0 Å². The Balaban J connectivity index is 2.29. The van der Waals surface area contributed by atoms with Crippen LogP contribution in [0.2, 0.25) is 0 Å². The Hall–Kier alpha value is -2.52. The molecule has 0 unspecified atom stereocenters. The quantitative estimate of drug-likeness (QED) is 0.670. The first kappa shape index (κ1) is 23.8. The molecule has 0 aliphatic carbocycles. The third-order valence-electron chi connectivity index (χ3n) is 4.26. The number of carboxylic acid groups (broad SMARTS) is 1. The van der Waals surface area contributed by atoms with Crippen molar-refractivity contribution in [2.75, 3.05) is 33.4 Å². The molecule has 166 valence electrons. The van der Waals surface area contributed by atoms with Crippen LogP contribution in [0.4, 0.5) is 13.6 Å². The summed E-state index contributed by atoms with van der Waals surface area (Å²) in [5, 5.41) is 9.55. The summed E-state index contributed by atoms with van der Waals surface area (Å²) in [7, 11) is 1.56. The molecule has 0 bridgehead atoms. The summed E-state index contributed by atoms with van der Waals surface area (Å²) in [4.78, 5) is 24.7. The molecule has 0 atom stereocenters. The largest absolute Gasteiger partial charge is 0.478 e. The molecule has 30 heavy (non-hydrogen) atoms. The molecule has 0 fully saturated rings. The Morgan fingerprint density at radius 2 is 1.80 bits per heavy atom. The predicted molar refractivity (Wildman–Crippen MR) is 105 cm³/mol. The van der Waals surface area contributed by atoms with Gasteiger partial charge in [0.2, 0.25) is 0 Å². The maximum absolute atomic E-state index is 15.0. The van der Waals surface area contributed by atoms with Crippen molar-refractivity contribution >= 4 is 17.6 Å². The first-order valence-corrected chi connectivity index (χ1v) is 9.43. The van der Waals surface area contributed by atoms with Gasteiger partial charge in [-0.25, -0.2) is 9.59 Å². The minimum atomic E-state index is -3.56. The first-order chi connectivity index (χ1) is 13.9. The zero-order chi connectivity index (χ0) is 22.5. The summed E-state index contributed by atoms with van der Waals surface area (Å²) in [5.41, 5.74) is -1.19. The minimum absolute atomic E-state index is 0.0851. The fraction of sp³-hybridized carbons (Fsp3) is 0.524. The fourth-order valence-electron chi connectivity index (χ4n) is 2.98.